The van der Waals surface area contributed by atoms with Gasteiger partial charge in [0.25, 0.3) is 5.91 Å². The van der Waals surface area contributed by atoms with Crippen LogP contribution < -0.4 is 10.1 Å². The van der Waals surface area contributed by atoms with E-state index in [1.54, 1.807) is 0 Å². The summed E-state index contributed by atoms with van der Waals surface area (Å²) in [4.78, 5) is 25.6. The number of ether oxygens (including phenoxy) is 1. The highest BCUT2D eigenvalue weighted by Crippen LogP contribution is 2.23. The Kier molecular flexibility index (Phi) is 6.22. The monoisotopic (exact) mass is 342 g/mol. The minimum absolute atomic E-state index is 0.197. The number of carboxylic acids is 1. The smallest absolute Gasteiger partial charge is 0.340 e. The first-order chi connectivity index (χ1) is 10.7. The lowest BCUT2D eigenvalue weighted by Gasteiger charge is -2.15. The molecule has 1 aromatic rings. The SMILES string of the molecule is O=C(NC(CF)C(=O)O)c1ccc(OCC(F)(F)C(F)F)nc1. The molecule has 1 heterocycles. The van der Waals surface area contributed by atoms with E-state index < -0.39 is 49.4 Å². The van der Waals surface area contributed by atoms with Gasteiger partial charge in [-0.3, -0.25) is 4.79 Å². The fourth-order valence-electron chi connectivity index (χ4n) is 1.24. The van der Waals surface area contributed by atoms with Crippen molar-refractivity contribution in [1.29, 1.82) is 0 Å². The summed E-state index contributed by atoms with van der Waals surface area (Å²) in [5.74, 6) is -7.34. The highest BCUT2D eigenvalue weighted by Gasteiger charge is 2.41. The Morgan fingerprint density at radius 1 is 1.35 bits per heavy atom. The number of hydrogen-bond acceptors (Lipinski definition) is 4. The second kappa shape index (κ2) is 7.70. The third kappa shape index (κ3) is 5.34. The van der Waals surface area contributed by atoms with Crippen LogP contribution in [0.5, 0.6) is 5.88 Å². The van der Waals surface area contributed by atoms with Crippen LogP contribution in [0.15, 0.2) is 18.3 Å². The quantitative estimate of drug-likeness (QED) is 0.699. The van der Waals surface area contributed by atoms with Gasteiger partial charge in [-0.25, -0.2) is 22.9 Å². The third-order valence-electron chi connectivity index (χ3n) is 2.49. The molecule has 2 N–H and O–H groups in total. The summed E-state index contributed by atoms with van der Waals surface area (Å²) in [7, 11) is 0. The number of carbonyl (C=O) groups excluding carboxylic acids is 1. The zero-order valence-corrected chi connectivity index (χ0v) is 11.3. The Morgan fingerprint density at radius 3 is 2.43 bits per heavy atom. The summed E-state index contributed by atoms with van der Waals surface area (Å²) in [6, 6.07) is 0.222. The van der Waals surface area contributed by atoms with Crippen LogP contribution in [0, 0.1) is 0 Å². The molecule has 6 nitrogen and oxygen atoms in total. The predicted molar refractivity (Wildman–Crippen MR) is 65.5 cm³/mol. The maximum atomic E-state index is 12.6. The summed E-state index contributed by atoms with van der Waals surface area (Å²) in [6.07, 6.45) is -3.07. The van der Waals surface area contributed by atoms with Gasteiger partial charge >= 0.3 is 18.3 Å². The first-order valence-electron chi connectivity index (χ1n) is 6.02. The minimum atomic E-state index is -4.35. The summed E-state index contributed by atoms with van der Waals surface area (Å²) < 4.78 is 65.9. The van der Waals surface area contributed by atoms with Crippen molar-refractivity contribution in [3.8, 4) is 5.88 Å². The van der Waals surface area contributed by atoms with E-state index in [0.29, 0.717) is 0 Å². The molecule has 1 rings (SSSR count). The molecule has 0 aliphatic carbocycles. The van der Waals surface area contributed by atoms with Gasteiger partial charge in [0.15, 0.2) is 12.6 Å². The molecule has 0 aliphatic heterocycles. The van der Waals surface area contributed by atoms with Crippen LogP contribution in [0.3, 0.4) is 0 Å². The van der Waals surface area contributed by atoms with Crippen molar-refractivity contribution in [3.05, 3.63) is 23.9 Å². The molecule has 23 heavy (non-hydrogen) atoms. The number of carbonyl (C=O) groups is 2. The maximum Gasteiger partial charge on any atom is 0.340 e. The number of aromatic nitrogens is 1. The average Bonchev–Trinajstić information content (AvgIpc) is 2.50. The number of nitrogens with zero attached hydrogens (tertiary/aromatic N) is 1. The normalized spacial score (nSPS) is 12.8. The third-order valence-corrected chi connectivity index (χ3v) is 2.49. The van der Waals surface area contributed by atoms with E-state index >= 15 is 0 Å². The van der Waals surface area contributed by atoms with Gasteiger partial charge in [-0.2, -0.15) is 8.78 Å². The minimum Gasteiger partial charge on any atom is -0.480 e. The van der Waals surface area contributed by atoms with Crippen molar-refractivity contribution >= 4 is 11.9 Å². The number of amides is 1. The number of alkyl halides is 5. The molecule has 1 aromatic heterocycles. The van der Waals surface area contributed by atoms with Crippen molar-refractivity contribution in [1.82, 2.24) is 10.3 Å². The lowest BCUT2D eigenvalue weighted by Crippen LogP contribution is -2.42. The number of aliphatic carboxylic acids is 1. The van der Waals surface area contributed by atoms with Gasteiger partial charge in [-0.15, -0.1) is 0 Å². The van der Waals surface area contributed by atoms with Gasteiger partial charge in [0, 0.05) is 12.3 Å². The molecule has 128 valence electrons. The topological polar surface area (TPSA) is 88.5 Å². The van der Waals surface area contributed by atoms with Crippen molar-refractivity contribution in [3.63, 3.8) is 0 Å². The molecule has 0 saturated heterocycles. The molecular weight excluding hydrogens is 331 g/mol. The summed E-state index contributed by atoms with van der Waals surface area (Å²) in [5.41, 5.74) is -0.197. The zero-order chi connectivity index (χ0) is 17.6. The molecule has 11 heteroatoms. The molecule has 0 radical (unpaired) electrons. The van der Waals surface area contributed by atoms with E-state index in [-0.39, 0.29) is 5.56 Å². The Bertz CT molecular complexity index is 553. The molecule has 0 spiro atoms. The van der Waals surface area contributed by atoms with Crippen molar-refractivity contribution < 1.29 is 41.4 Å². The van der Waals surface area contributed by atoms with Crippen molar-refractivity contribution in [2.45, 2.75) is 18.4 Å². The number of carboxylic acid groups (broad SMARTS) is 1. The average molecular weight is 342 g/mol. The van der Waals surface area contributed by atoms with Crippen molar-refractivity contribution in [2.24, 2.45) is 0 Å². The van der Waals surface area contributed by atoms with E-state index in [4.69, 9.17) is 5.11 Å². The largest absolute Gasteiger partial charge is 0.480 e. The standard InChI is InChI=1S/C12H11F5N2O4/c13-3-7(10(21)22)19-9(20)6-1-2-8(18-4-6)23-5-12(16,17)11(14)15/h1-2,4,7,11H,3,5H2,(H,19,20)(H,21,22). The van der Waals surface area contributed by atoms with E-state index in [1.165, 1.54) is 0 Å². The van der Waals surface area contributed by atoms with Gasteiger partial charge in [-0.05, 0) is 6.07 Å². The summed E-state index contributed by atoms with van der Waals surface area (Å²) >= 11 is 0. The maximum absolute atomic E-state index is 12.6. The zero-order valence-electron chi connectivity index (χ0n) is 11.3. The molecule has 1 unspecified atom stereocenters. The highest BCUT2D eigenvalue weighted by molar-refractivity contribution is 5.96. The van der Waals surface area contributed by atoms with Gasteiger partial charge in [0.05, 0.1) is 5.56 Å². The van der Waals surface area contributed by atoms with Crippen LogP contribution in [-0.2, 0) is 4.79 Å². The van der Waals surface area contributed by atoms with E-state index in [9.17, 15) is 31.5 Å². The molecule has 1 amide bonds. The van der Waals surface area contributed by atoms with Crippen LogP contribution in [0.4, 0.5) is 22.0 Å². The number of halogens is 5. The molecule has 0 bridgehead atoms. The first-order valence-corrected chi connectivity index (χ1v) is 6.02. The number of nitrogens with one attached hydrogen (secondary N) is 1. The van der Waals surface area contributed by atoms with Crippen LogP contribution in [0.2, 0.25) is 0 Å². The molecular formula is C12H11F5N2O4. The van der Waals surface area contributed by atoms with Crippen LogP contribution in [0.1, 0.15) is 10.4 Å². The van der Waals surface area contributed by atoms with Gasteiger partial charge in [0.2, 0.25) is 5.88 Å². The lowest BCUT2D eigenvalue weighted by atomic mass is 10.2. The van der Waals surface area contributed by atoms with Crippen LogP contribution >= 0.6 is 0 Å². The Morgan fingerprint density at radius 2 is 2.00 bits per heavy atom. The van der Waals surface area contributed by atoms with E-state index in [2.05, 4.69) is 9.72 Å². The number of rotatable bonds is 8. The lowest BCUT2D eigenvalue weighted by molar-refractivity contribution is -0.148. The Hall–Kier alpha value is -2.46. The first kappa shape index (κ1) is 18.6. The number of pyridine rings is 1. The molecule has 0 fully saturated rings. The summed E-state index contributed by atoms with van der Waals surface area (Å²) in [6.45, 7) is -2.94. The van der Waals surface area contributed by atoms with Gasteiger partial charge < -0.3 is 15.2 Å². The predicted octanol–water partition coefficient (Wildman–Crippen LogP) is 1.51. The van der Waals surface area contributed by atoms with Gasteiger partial charge in [-0.1, -0.05) is 0 Å². The molecule has 0 aliphatic rings. The van der Waals surface area contributed by atoms with E-state index in [0.717, 1.165) is 18.3 Å². The Labute approximate surface area is 126 Å². The van der Waals surface area contributed by atoms with E-state index in [1.807, 2.05) is 5.32 Å². The number of hydrogen-bond donors (Lipinski definition) is 2. The molecule has 0 aromatic carbocycles. The van der Waals surface area contributed by atoms with Crippen LogP contribution in [0.25, 0.3) is 0 Å². The highest BCUT2D eigenvalue weighted by atomic mass is 19.3. The second-order valence-electron chi connectivity index (χ2n) is 4.25. The Balaban J connectivity index is 2.66. The molecule has 0 saturated carbocycles. The fourth-order valence-corrected chi connectivity index (χ4v) is 1.24. The van der Waals surface area contributed by atoms with Crippen LogP contribution in [-0.4, -0.2) is 53.6 Å². The van der Waals surface area contributed by atoms with Gasteiger partial charge in [0.1, 0.15) is 6.67 Å². The summed E-state index contributed by atoms with van der Waals surface area (Å²) in [5, 5.41) is 10.4. The fraction of sp³-hybridized carbons (Fsp3) is 0.417. The van der Waals surface area contributed by atoms with Crippen molar-refractivity contribution in [2.75, 3.05) is 13.3 Å². The second-order valence-corrected chi connectivity index (χ2v) is 4.25. The molecule has 1 atom stereocenters.